The third-order valence-corrected chi connectivity index (χ3v) is 6.20. The van der Waals surface area contributed by atoms with Crippen LogP contribution in [0.3, 0.4) is 0 Å². The van der Waals surface area contributed by atoms with Gasteiger partial charge in [-0.2, -0.15) is 0 Å². The molecule has 1 saturated carbocycles. The molecule has 1 aliphatic carbocycles. The number of hydrogen-bond acceptors (Lipinski definition) is 2. The van der Waals surface area contributed by atoms with E-state index in [2.05, 4.69) is 31.2 Å². The molecular weight excluding hydrogens is 298 g/mol. The van der Waals surface area contributed by atoms with Crippen LogP contribution in [0.15, 0.2) is 24.3 Å². The molecule has 2 aliphatic rings. The van der Waals surface area contributed by atoms with Crippen molar-refractivity contribution in [1.29, 1.82) is 0 Å². The third-order valence-electron chi connectivity index (χ3n) is 6.20. The van der Waals surface area contributed by atoms with Crippen LogP contribution in [0.25, 0.3) is 0 Å². The highest BCUT2D eigenvalue weighted by Gasteiger charge is 2.47. The topological polar surface area (TPSA) is 40.5 Å². The summed E-state index contributed by atoms with van der Waals surface area (Å²) in [6.07, 6.45) is 7.01. The van der Waals surface area contributed by atoms with E-state index in [1.165, 1.54) is 43.2 Å². The average molecular weight is 329 g/mol. The summed E-state index contributed by atoms with van der Waals surface area (Å²) in [6.45, 7) is 5.95. The summed E-state index contributed by atoms with van der Waals surface area (Å²) >= 11 is 0. The molecule has 2 fully saturated rings. The van der Waals surface area contributed by atoms with E-state index in [9.17, 15) is 9.90 Å². The number of nitrogens with zero attached hydrogens (tertiary/aromatic N) is 1. The van der Waals surface area contributed by atoms with Crippen LogP contribution in [0.4, 0.5) is 0 Å². The van der Waals surface area contributed by atoms with Gasteiger partial charge in [-0.05, 0) is 56.9 Å². The number of carbonyl (C=O) groups excluding carboxylic acids is 1. The van der Waals surface area contributed by atoms with Crippen LogP contribution in [0.1, 0.15) is 50.2 Å². The first-order valence-electron chi connectivity index (χ1n) is 9.50. The van der Waals surface area contributed by atoms with Crippen LogP contribution in [-0.2, 0) is 11.2 Å². The Morgan fingerprint density at radius 3 is 2.62 bits per heavy atom. The van der Waals surface area contributed by atoms with E-state index >= 15 is 0 Å². The fourth-order valence-corrected chi connectivity index (χ4v) is 4.54. The average Bonchev–Trinajstić information content (AvgIpc) is 2.54. The van der Waals surface area contributed by atoms with Crippen LogP contribution in [0.2, 0.25) is 0 Å². The number of carbonyl (C=O) groups is 1. The smallest absolute Gasteiger partial charge is 0.228 e. The Bertz CT molecular complexity index is 563. The molecule has 24 heavy (non-hydrogen) atoms. The van der Waals surface area contributed by atoms with Crippen LogP contribution >= 0.6 is 0 Å². The molecule has 1 heterocycles. The van der Waals surface area contributed by atoms with Gasteiger partial charge in [0, 0.05) is 18.5 Å². The number of rotatable bonds is 5. The van der Waals surface area contributed by atoms with Crippen molar-refractivity contribution in [3.8, 4) is 0 Å². The third kappa shape index (κ3) is 3.66. The monoisotopic (exact) mass is 329 g/mol. The molecule has 1 aromatic rings. The zero-order valence-corrected chi connectivity index (χ0v) is 15.1. The van der Waals surface area contributed by atoms with Gasteiger partial charge in [0.05, 0.1) is 12.5 Å². The molecule has 1 saturated heterocycles. The number of aliphatic hydroxyl groups excluding tert-OH is 1. The first kappa shape index (κ1) is 17.5. The quantitative estimate of drug-likeness (QED) is 0.897. The lowest BCUT2D eigenvalue weighted by Gasteiger charge is -2.54. The van der Waals surface area contributed by atoms with Gasteiger partial charge in [0.15, 0.2) is 0 Å². The van der Waals surface area contributed by atoms with Crippen molar-refractivity contribution in [3.05, 3.63) is 35.4 Å². The Kier molecular flexibility index (Phi) is 5.29. The Labute approximate surface area is 146 Å². The molecule has 0 radical (unpaired) electrons. The molecule has 132 valence electrons. The maximum absolute atomic E-state index is 12.3. The highest BCUT2D eigenvalue weighted by Crippen LogP contribution is 2.46. The number of benzene rings is 1. The molecule has 1 N–H and O–H groups in total. The predicted molar refractivity (Wildman–Crippen MR) is 96.7 cm³/mol. The van der Waals surface area contributed by atoms with Gasteiger partial charge in [0.25, 0.3) is 0 Å². The van der Waals surface area contributed by atoms with E-state index in [0.29, 0.717) is 5.41 Å². The van der Waals surface area contributed by atoms with E-state index in [1.54, 1.807) is 0 Å². The van der Waals surface area contributed by atoms with E-state index in [1.807, 2.05) is 11.8 Å². The second-order valence-electron chi connectivity index (χ2n) is 8.12. The van der Waals surface area contributed by atoms with E-state index in [4.69, 9.17) is 0 Å². The van der Waals surface area contributed by atoms with Crippen LogP contribution in [0.5, 0.6) is 0 Å². The van der Waals surface area contributed by atoms with Gasteiger partial charge >= 0.3 is 0 Å². The first-order valence-corrected chi connectivity index (χ1v) is 9.50. The molecule has 1 amide bonds. The lowest BCUT2D eigenvalue weighted by Crippen LogP contribution is -2.60. The zero-order chi connectivity index (χ0) is 17.2. The maximum Gasteiger partial charge on any atom is 0.228 e. The summed E-state index contributed by atoms with van der Waals surface area (Å²) in [5.41, 5.74) is 3.20. The molecule has 0 bridgehead atoms. The standard InChI is InChI=1S/C21H31NO2/c1-3-19(13-23)20(24)22-14-21(15-22)9-7-17(8-10-21)12-18-6-4-5-16(2)11-18/h4-6,11,17,19,23H,3,7-10,12-15H2,1-2H3/t19-/m1/s1. The summed E-state index contributed by atoms with van der Waals surface area (Å²) in [7, 11) is 0. The van der Waals surface area contributed by atoms with Gasteiger partial charge in [0.2, 0.25) is 5.91 Å². The van der Waals surface area contributed by atoms with Gasteiger partial charge in [-0.3, -0.25) is 4.79 Å². The fraction of sp³-hybridized carbons (Fsp3) is 0.667. The number of likely N-dealkylation sites (tertiary alicyclic amines) is 1. The van der Waals surface area contributed by atoms with Gasteiger partial charge in [-0.25, -0.2) is 0 Å². The fourth-order valence-electron chi connectivity index (χ4n) is 4.54. The molecule has 1 aliphatic heterocycles. The maximum atomic E-state index is 12.3. The highest BCUT2D eigenvalue weighted by atomic mass is 16.3. The Morgan fingerprint density at radius 1 is 1.33 bits per heavy atom. The summed E-state index contributed by atoms with van der Waals surface area (Å²) in [5.74, 6) is 0.760. The molecule has 1 aromatic carbocycles. The number of aryl methyl sites for hydroxylation is 1. The predicted octanol–water partition coefficient (Wildman–Crippen LogP) is 3.57. The van der Waals surface area contributed by atoms with Gasteiger partial charge in [0.1, 0.15) is 0 Å². The van der Waals surface area contributed by atoms with Crippen LogP contribution in [0, 0.1) is 24.2 Å². The summed E-state index contributed by atoms with van der Waals surface area (Å²) < 4.78 is 0. The lowest BCUT2D eigenvalue weighted by molar-refractivity contribution is -0.152. The Morgan fingerprint density at radius 2 is 2.04 bits per heavy atom. The Balaban J connectivity index is 1.47. The number of hydrogen-bond donors (Lipinski definition) is 1. The van der Waals surface area contributed by atoms with E-state index < -0.39 is 0 Å². The van der Waals surface area contributed by atoms with Crippen LogP contribution in [-0.4, -0.2) is 35.6 Å². The minimum atomic E-state index is -0.194. The van der Waals surface area contributed by atoms with E-state index in [-0.39, 0.29) is 18.4 Å². The summed E-state index contributed by atoms with van der Waals surface area (Å²) in [6, 6.07) is 8.89. The van der Waals surface area contributed by atoms with Crippen LogP contribution < -0.4 is 0 Å². The second kappa shape index (κ2) is 7.26. The normalized spacial score (nSPS) is 21.5. The van der Waals surface area contributed by atoms with Gasteiger partial charge in [-0.1, -0.05) is 36.8 Å². The van der Waals surface area contributed by atoms with Crippen molar-refractivity contribution in [2.24, 2.45) is 17.3 Å². The highest BCUT2D eigenvalue weighted by molar-refractivity contribution is 5.80. The first-order chi connectivity index (χ1) is 11.5. The van der Waals surface area contributed by atoms with Crippen molar-refractivity contribution in [1.82, 2.24) is 4.90 Å². The molecule has 1 atom stereocenters. The van der Waals surface area contributed by atoms with Crippen molar-refractivity contribution in [3.63, 3.8) is 0 Å². The molecule has 0 unspecified atom stereocenters. The van der Waals surface area contributed by atoms with Crippen molar-refractivity contribution < 1.29 is 9.90 Å². The molecular formula is C21H31NO2. The SMILES string of the molecule is CC[C@H](CO)C(=O)N1CC2(CCC(Cc3cccc(C)c3)CC2)C1. The molecule has 3 rings (SSSR count). The van der Waals surface area contributed by atoms with Gasteiger partial charge < -0.3 is 10.0 Å². The molecule has 1 spiro atoms. The Hall–Kier alpha value is -1.35. The lowest BCUT2D eigenvalue weighted by atomic mass is 9.65. The molecule has 0 aromatic heterocycles. The number of aliphatic hydroxyl groups is 1. The summed E-state index contributed by atoms with van der Waals surface area (Å²) in [5, 5.41) is 9.31. The minimum absolute atomic E-state index is 0.0165. The number of amides is 1. The van der Waals surface area contributed by atoms with Crippen molar-refractivity contribution in [2.75, 3.05) is 19.7 Å². The second-order valence-corrected chi connectivity index (χ2v) is 8.12. The molecule has 3 heteroatoms. The van der Waals surface area contributed by atoms with Gasteiger partial charge in [-0.15, -0.1) is 0 Å². The zero-order valence-electron chi connectivity index (χ0n) is 15.1. The minimum Gasteiger partial charge on any atom is -0.396 e. The molecule has 3 nitrogen and oxygen atoms in total. The summed E-state index contributed by atoms with van der Waals surface area (Å²) in [4.78, 5) is 14.3. The largest absolute Gasteiger partial charge is 0.396 e. The van der Waals surface area contributed by atoms with E-state index in [0.717, 1.165) is 25.4 Å². The van der Waals surface area contributed by atoms with Crippen molar-refractivity contribution >= 4 is 5.91 Å². The van der Waals surface area contributed by atoms with Crippen molar-refractivity contribution in [2.45, 2.75) is 52.4 Å².